The van der Waals surface area contributed by atoms with Crippen LogP contribution in [0.25, 0.3) is 10.1 Å². The molecule has 18 heavy (non-hydrogen) atoms. The third-order valence-electron chi connectivity index (χ3n) is 3.51. The zero-order valence-corrected chi connectivity index (χ0v) is 11.4. The molecule has 1 heterocycles. The van der Waals surface area contributed by atoms with Gasteiger partial charge in [0, 0.05) is 18.8 Å². The smallest absolute Gasteiger partial charge is 0.244 e. The molecule has 1 saturated carbocycles. The van der Waals surface area contributed by atoms with Gasteiger partial charge >= 0.3 is 0 Å². The third kappa shape index (κ3) is 1.72. The molecule has 0 radical (unpaired) electrons. The average Bonchev–Trinajstić information content (AvgIpc) is 3.03. The second-order valence-electron chi connectivity index (χ2n) is 5.06. The minimum atomic E-state index is -0.288. The van der Waals surface area contributed by atoms with E-state index in [-0.39, 0.29) is 11.3 Å². The zero-order valence-electron chi connectivity index (χ0n) is 10.6. The van der Waals surface area contributed by atoms with Crippen LogP contribution in [-0.4, -0.2) is 25.0 Å². The quantitative estimate of drug-likeness (QED) is 0.860. The SMILES string of the molecule is CN(C)NC(=O)C1(c2csc3ccccc23)CC1. The Kier molecular flexibility index (Phi) is 2.64. The number of carbonyl (C=O) groups is 1. The van der Waals surface area contributed by atoms with Gasteiger partial charge in [0.15, 0.2) is 0 Å². The van der Waals surface area contributed by atoms with Gasteiger partial charge in [0.05, 0.1) is 5.41 Å². The predicted molar refractivity (Wildman–Crippen MR) is 74.6 cm³/mol. The van der Waals surface area contributed by atoms with E-state index in [0.717, 1.165) is 12.8 Å². The van der Waals surface area contributed by atoms with Crippen LogP contribution in [0.15, 0.2) is 29.6 Å². The number of hydrogen-bond acceptors (Lipinski definition) is 3. The van der Waals surface area contributed by atoms with Crippen molar-refractivity contribution in [2.75, 3.05) is 14.1 Å². The molecule has 0 aliphatic heterocycles. The van der Waals surface area contributed by atoms with Gasteiger partial charge in [-0.25, -0.2) is 5.01 Å². The summed E-state index contributed by atoms with van der Waals surface area (Å²) in [7, 11) is 3.69. The molecule has 1 fully saturated rings. The van der Waals surface area contributed by atoms with Crippen molar-refractivity contribution in [3.05, 3.63) is 35.2 Å². The highest BCUT2D eigenvalue weighted by molar-refractivity contribution is 7.17. The Morgan fingerprint density at radius 3 is 2.72 bits per heavy atom. The minimum absolute atomic E-state index is 0.121. The van der Waals surface area contributed by atoms with E-state index < -0.39 is 0 Å². The van der Waals surface area contributed by atoms with Crippen LogP contribution < -0.4 is 5.43 Å². The molecule has 1 amide bonds. The first-order chi connectivity index (χ1) is 8.63. The van der Waals surface area contributed by atoms with Crippen LogP contribution in [-0.2, 0) is 10.2 Å². The van der Waals surface area contributed by atoms with Gasteiger partial charge in [-0.05, 0) is 35.2 Å². The second kappa shape index (κ2) is 4.07. The van der Waals surface area contributed by atoms with Gasteiger partial charge in [-0.2, -0.15) is 0 Å². The molecule has 0 unspecified atom stereocenters. The van der Waals surface area contributed by atoms with Crippen LogP contribution in [0.3, 0.4) is 0 Å². The summed E-state index contributed by atoms with van der Waals surface area (Å²) in [4.78, 5) is 12.3. The first-order valence-corrected chi connectivity index (χ1v) is 6.96. The largest absolute Gasteiger partial charge is 0.289 e. The molecule has 1 aromatic carbocycles. The summed E-state index contributed by atoms with van der Waals surface area (Å²) >= 11 is 1.72. The fourth-order valence-electron chi connectivity index (χ4n) is 2.40. The number of nitrogens with zero attached hydrogens (tertiary/aromatic N) is 1. The van der Waals surface area contributed by atoms with E-state index in [1.54, 1.807) is 16.3 Å². The molecule has 0 atom stereocenters. The van der Waals surface area contributed by atoms with Crippen molar-refractivity contribution in [3.63, 3.8) is 0 Å². The van der Waals surface area contributed by atoms with Gasteiger partial charge in [0.25, 0.3) is 0 Å². The van der Waals surface area contributed by atoms with Gasteiger partial charge in [-0.1, -0.05) is 18.2 Å². The lowest BCUT2D eigenvalue weighted by Gasteiger charge is -2.18. The van der Waals surface area contributed by atoms with Gasteiger partial charge < -0.3 is 0 Å². The van der Waals surface area contributed by atoms with Crippen LogP contribution in [0.5, 0.6) is 0 Å². The fraction of sp³-hybridized carbons (Fsp3) is 0.357. The Morgan fingerprint density at radius 2 is 2.06 bits per heavy atom. The Labute approximate surface area is 110 Å². The number of rotatable bonds is 3. The van der Waals surface area contributed by atoms with Crippen molar-refractivity contribution < 1.29 is 4.79 Å². The number of carbonyl (C=O) groups excluding carboxylic acids is 1. The van der Waals surface area contributed by atoms with Gasteiger partial charge in [-0.3, -0.25) is 10.2 Å². The molecular weight excluding hydrogens is 244 g/mol. The summed E-state index contributed by atoms with van der Waals surface area (Å²) in [6.07, 6.45) is 1.90. The lowest BCUT2D eigenvalue weighted by atomic mass is 9.95. The summed E-state index contributed by atoms with van der Waals surface area (Å²) < 4.78 is 1.26. The summed E-state index contributed by atoms with van der Waals surface area (Å²) in [5.74, 6) is 0.121. The molecule has 3 rings (SSSR count). The molecule has 1 aromatic heterocycles. The van der Waals surface area contributed by atoms with E-state index >= 15 is 0 Å². The number of hydrazine groups is 1. The summed E-state index contributed by atoms with van der Waals surface area (Å²) in [6.45, 7) is 0. The topological polar surface area (TPSA) is 32.3 Å². The number of nitrogens with one attached hydrogen (secondary N) is 1. The van der Waals surface area contributed by atoms with E-state index in [9.17, 15) is 4.79 Å². The van der Waals surface area contributed by atoms with E-state index in [4.69, 9.17) is 0 Å². The maximum atomic E-state index is 12.3. The molecule has 0 bridgehead atoms. The summed E-state index contributed by atoms with van der Waals surface area (Å²) in [5.41, 5.74) is 3.81. The highest BCUT2D eigenvalue weighted by atomic mass is 32.1. The molecule has 0 saturated heterocycles. The maximum absolute atomic E-state index is 12.3. The third-order valence-corrected chi connectivity index (χ3v) is 4.47. The van der Waals surface area contributed by atoms with Crippen LogP contribution in [0.1, 0.15) is 18.4 Å². The lowest BCUT2D eigenvalue weighted by molar-refractivity contribution is -0.127. The number of fused-ring (bicyclic) bond motifs is 1. The van der Waals surface area contributed by atoms with E-state index in [1.807, 2.05) is 26.2 Å². The highest BCUT2D eigenvalue weighted by Crippen LogP contribution is 2.51. The van der Waals surface area contributed by atoms with Crippen molar-refractivity contribution in [3.8, 4) is 0 Å². The number of amides is 1. The number of thiophene rings is 1. The standard InChI is InChI=1S/C14H16N2OS/c1-16(2)15-13(17)14(7-8-14)11-9-18-12-6-4-3-5-10(11)12/h3-6,9H,7-8H2,1-2H3,(H,15,17). The molecule has 2 aromatic rings. The maximum Gasteiger partial charge on any atom is 0.244 e. The Bertz CT molecular complexity index is 599. The van der Waals surface area contributed by atoms with E-state index in [0.29, 0.717) is 0 Å². The van der Waals surface area contributed by atoms with Crippen molar-refractivity contribution in [1.82, 2.24) is 10.4 Å². The summed E-state index contributed by atoms with van der Waals surface area (Å²) in [5, 5.41) is 5.10. The highest BCUT2D eigenvalue weighted by Gasteiger charge is 2.52. The second-order valence-corrected chi connectivity index (χ2v) is 5.97. The average molecular weight is 260 g/mol. The normalized spacial score (nSPS) is 17.1. The van der Waals surface area contributed by atoms with Crippen LogP contribution in [0, 0.1) is 0 Å². The molecule has 4 heteroatoms. The number of benzene rings is 1. The summed E-state index contributed by atoms with van der Waals surface area (Å²) in [6, 6.07) is 8.31. The lowest BCUT2D eigenvalue weighted by Crippen LogP contribution is -2.42. The number of hydrogen-bond donors (Lipinski definition) is 1. The van der Waals surface area contributed by atoms with Gasteiger partial charge in [0.2, 0.25) is 5.91 Å². The fourth-order valence-corrected chi connectivity index (χ4v) is 3.46. The molecule has 0 spiro atoms. The molecule has 1 aliphatic rings. The predicted octanol–water partition coefficient (Wildman–Crippen LogP) is 2.53. The van der Waals surface area contributed by atoms with Crippen molar-refractivity contribution >= 4 is 27.3 Å². The molecular formula is C14H16N2OS. The Hall–Kier alpha value is -1.39. The van der Waals surface area contributed by atoms with E-state index in [2.05, 4.69) is 22.9 Å². The van der Waals surface area contributed by atoms with E-state index in [1.165, 1.54) is 15.6 Å². The molecule has 1 N–H and O–H groups in total. The van der Waals surface area contributed by atoms with Crippen molar-refractivity contribution in [2.45, 2.75) is 18.3 Å². The van der Waals surface area contributed by atoms with Gasteiger partial charge in [-0.15, -0.1) is 11.3 Å². The van der Waals surface area contributed by atoms with Crippen molar-refractivity contribution in [1.29, 1.82) is 0 Å². The van der Waals surface area contributed by atoms with Crippen LogP contribution in [0.4, 0.5) is 0 Å². The molecule has 94 valence electrons. The molecule has 1 aliphatic carbocycles. The Morgan fingerprint density at radius 1 is 1.33 bits per heavy atom. The zero-order chi connectivity index (χ0) is 12.8. The monoisotopic (exact) mass is 260 g/mol. The molecule has 3 nitrogen and oxygen atoms in total. The minimum Gasteiger partial charge on any atom is -0.289 e. The van der Waals surface area contributed by atoms with Crippen molar-refractivity contribution in [2.24, 2.45) is 0 Å². The first kappa shape index (κ1) is 11.7. The first-order valence-electron chi connectivity index (χ1n) is 6.09. The Balaban J connectivity index is 2.01. The van der Waals surface area contributed by atoms with Gasteiger partial charge in [0.1, 0.15) is 0 Å². The van der Waals surface area contributed by atoms with Crippen LogP contribution >= 0.6 is 11.3 Å². The van der Waals surface area contributed by atoms with Crippen LogP contribution in [0.2, 0.25) is 0 Å².